The summed E-state index contributed by atoms with van der Waals surface area (Å²) >= 11 is 0. The van der Waals surface area contributed by atoms with Gasteiger partial charge in [0.05, 0.1) is 7.11 Å². The molecule has 2 amide bonds. The van der Waals surface area contributed by atoms with Crippen molar-refractivity contribution in [2.45, 2.75) is 26.7 Å². The van der Waals surface area contributed by atoms with Crippen LogP contribution in [0, 0.1) is 6.92 Å². The number of benzene rings is 3. The van der Waals surface area contributed by atoms with Crippen LogP contribution >= 0.6 is 0 Å². The number of carbonyl (C=O) groups excluding carboxylic acids is 2. The van der Waals surface area contributed by atoms with Crippen LogP contribution in [0.5, 0.6) is 11.5 Å². The second-order valence-corrected chi connectivity index (χ2v) is 9.59. The first-order valence-electron chi connectivity index (χ1n) is 12.7. The largest absolute Gasteiger partial charge is 0.497 e. The molecule has 3 aromatic rings. The molecule has 194 valence electrons. The molecule has 7 nitrogen and oxygen atoms in total. The van der Waals surface area contributed by atoms with Gasteiger partial charge in [0.2, 0.25) is 0 Å². The van der Waals surface area contributed by atoms with Gasteiger partial charge in [0, 0.05) is 43.1 Å². The van der Waals surface area contributed by atoms with Crippen LogP contribution in [0.4, 0.5) is 11.4 Å². The Kier molecular flexibility index (Phi) is 8.33. The van der Waals surface area contributed by atoms with E-state index in [0.29, 0.717) is 24.6 Å². The van der Waals surface area contributed by atoms with Crippen LogP contribution in [-0.4, -0.2) is 56.6 Å². The molecule has 4 rings (SSSR count). The lowest BCUT2D eigenvalue weighted by Crippen LogP contribution is -2.48. The monoisotopic (exact) mass is 501 g/mol. The van der Waals surface area contributed by atoms with E-state index in [1.807, 2.05) is 42.2 Å². The van der Waals surface area contributed by atoms with E-state index in [-0.39, 0.29) is 18.4 Å². The number of methoxy groups -OCH3 is 1. The van der Waals surface area contributed by atoms with Crippen molar-refractivity contribution in [3.05, 3.63) is 83.4 Å². The van der Waals surface area contributed by atoms with Crippen LogP contribution in [0.1, 0.15) is 41.3 Å². The molecule has 1 fully saturated rings. The summed E-state index contributed by atoms with van der Waals surface area (Å²) in [4.78, 5) is 29.4. The topological polar surface area (TPSA) is 71.1 Å². The molecule has 1 heterocycles. The first-order chi connectivity index (χ1) is 17.8. The van der Waals surface area contributed by atoms with E-state index in [0.717, 1.165) is 47.1 Å². The Bertz CT molecular complexity index is 1210. The van der Waals surface area contributed by atoms with Crippen molar-refractivity contribution >= 4 is 23.2 Å². The molecule has 1 N–H and O–H groups in total. The molecule has 0 bridgehead atoms. The Morgan fingerprint density at radius 1 is 0.919 bits per heavy atom. The number of nitrogens with zero attached hydrogens (tertiary/aromatic N) is 2. The maximum absolute atomic E-state index is 12.8. The van der Waals surface area contributed by atoms with Gasteiger partial charge in [-0.25, -0.2) is 0 Å². The number of nitrogens with one attached hydrogen (secondary N) is 1. The molecule has 0 atom stereocenters. The minimum Gasteiger partial charge on any atom is -0.497 e. The summed E-state index contributed by atoms with van der Waals surface area (Å²) in [7, 11) is 1.61. The van der Waals surface area contributed by atoms with Crippen molar-refractivity contribution in [1.29, 1.82) is 0 Å². The number of rotatable bonds is 8. The zero-order chi connectivity index (χ0) is 26.4. The van der Waals surface area contributed by atoms with Gasteiger partial charge in [-0.1, -0.05) is 26.0 Å². The van der Waals surface area contributed by atoms with Gasteiger partial charge in [-0.2, -0.15) is 0 Å². The zero-order valence-corrected chi connectivity index (χ0v) is 22.0. The number of hydrogen-bond donors (Lipinski definition) is 1. The minimum absolute atomic E-state index is 0.0359. The van der Waals surface area contributed by atoms with Crippen molar-refractivity contribution < 1.29 is 19.1 Å². The van der Waals surface area contributed by atoms with Gasteiger partial charge in [0.25, 0.3) is 11.8 Å². The SMILES string of the molecule is COc1ccc(C(=O)N2CCN(c3ccc(NC(=O)COc4cc(C)ccc4C(C)C)cc3)CC2)cc1. The smallest absolute Gasteiger partial charge is 0.262 e. The third kappa shape index (κ3) is 6.61. The van der Waals surface area contributed by atoms with Crippen molar-refractivity contribution in [3.8, 4) is 11.5 Å². The molecule has 7 heteroatoms. The van der Waals surface area contributed by atoms with Crippen LogP contribution in [0.2, 0.25) is 0 Å². The quantitative estimate of drug-likeness (QED) is 0.465. The Labute approximate surface area is 219 Å². The molecule has 1 saturated heterocycles. The van der Waals surface area contributed by atoms with E-state index in [4.69, 9.17) is 9.47 Å². The van der Waals surface area contributed by atoms with E-state index in [2.05, 4.69) is 36.2 Å². The van der Waals surface area contributed by atoms with Crippen LogP contribution in [-0.2, 0) is 4.79 Å². The van der Waals surface area contributed by atoms with Gasteiger partial charge in [0.1, 0.15) is 11.5 Å². The fourth-order valence-corrected chi connectivity index (χ4v) is 4.42. The van der Waals surface area contributed by atoms with E-state index in [1.165, 1.54) is 0 Å². The Balaban J connectivity index is 1.27. The molecular weight excluding hydrogens is 466 g/mol. The first kappa shape index (κ1) is 26.1. The Morgan fingerprint density at radius 2 is 1.59 bits per heavy atom. The number of aryl methyl sites for hydroxylation is 1. The molecule has 0 unspecified atom stereocenters. The van der Waals surface area contributed by atoms with Crippen molar-refractivity contribution in [2.75, 3.05) is 50.1 Å². The third-order valence-corrected chi connectivity index (χ3v) is 6.57. The van der Waals surface area contributed by atoms with Crippen LogP contribution in [0.3, 0.4) is 0 Å². The fourth-order valence-electron chi connectivity index (χ4n) is 4.42. The lowest BCUT2D eigenvalue weighted by molar-refractivity contribution is -0.118. The van der Waals surface area contributed by atoms with E-state index >= 15 is 0 Å². The van der Waals surface area contributed by atoms with Gasteiger partial charge >= 0.3 is 0 Å². The minimum atomic E-state index is -0.199. The van der Waals surface area contributed by atoms with Crippen molar-refractivity contribution in [1.82, 2.24) is 4.90 Å². The number of hydrogen-bond acceptors (Lipinski definition) is 5. The molecule has 0 spiro atoms. The molecule has 1 aliphatic heterocycles. The Hall–Kier alpha value is -4.00. The summed E-state index contributed by atoms with van der Waals surface area (Å²) in [5, 5.41) is 2.91. The maximum atomic E-state index is 12.8. The normalized spacial score (nSPS) is 13.4. The molecule has 0 saturated carbocycles. The summed E-state index contributed by atoms with van der Waals surface area (Å²) < 4.78 is 11.0. The molecule has 3 aromatic carbocycles. The highest BCUT2D eigenvalue weighted by Crippen LogP contribution is 2.27. The van der Waals surface area contributed by atoms with E-state index in [1.54, 1.807) is 31.4 Å². The third-order valence-electron chi connectivity index (χ3n) is 6.57. The highest BCUT2D eigenvalue weighted by atomic mass is 16.5. The highest BCUT2D eigenvalue weighted by Gasteiger charge is 2.22. The van der Waals surface area contributed by atoms with Crippen molar-refractivity contribution in [2.24, 2.45) is 0 Å². The predicted molar refractivity (Wildman–Crippen MR) is 147 cm³/mol. The van der Waals surface area contributed by atoms with Gasteiger partial charge in [-0.3, -0.25) is 9.59 Å². The first-order valence-corrected chi connectivity index (χ1v) is 12.7. The molecular formula is C30H35N3O4. The average Bonchev–Trinajstić information content (AvgIpc) is 2.92. The van der Waals surface area contributed by atoms with Gasteiger partial charge < -0.3 is 24.6 Å². The van der Waals surface area contributed by atoms with Crippen LogP contribution < -0.4 is 19.7 Å². The second kappa shape index (κ2) is 11.8. The predicted octanol–water partition coefficient (Wildman–Crippen LogP) is 5.11. The van der Waals surface area contributed by atoms with Gasteiger partial charge in [-0.15, -0.1) is 0 Å². The highest BCUT2D eigenvalue weighted by molar-refractivity contribution is 5.94. The lowest BCUT2D eigenvalue weighted by atomic mass is 10.0. The standard InChI is InChI=1S/C30H35N3O4/c1-21(2)27-14-5-22(3)19-28(27)37-20-29(34)31-24-8-10-25(11-9-24)32-15-17-33(18-16-32)30(35)23-6-12-26(36-4)13-7-23/h5-14,19,21H,15-18,20H2,1-4H3,(H,31,34). The van der Waals surface area contributed by atoms with E-state index in [9.17, 15) is 9.59 Å². The molecule has 0 radical (unpaired) electrons. The summed E-state index contributed by atoms with van der Waals surface area (Å²) in [6.07, 6.45) is 0. The summed E-state index contributed by atoms with van der Waals surface area (Å²) in [5.41, 5.74) is 4.64. The number of carbonyl (C=O) groups is 2. The number of amides is 2. The van der Waals surface area contributed by atoms with Crippen LogP contribution in [0.25, 0.3) is 0 Å². The van der Waals surface area contributed by atoms with Gasteiger partial charge in [-0.05, 0) is 78.6 Å². The molecule has 0 aromatic heterocycles. The second-order valence-electron chi connectivity index (χ2n) is 9.59. The summed E-state index contributed by atoms with van der Waals surface area (Å²) in [6.45, 7) is 8.98. The summed E-state index contributed by atoms with van der Waals surface area (Å²) in [5.74, 6) is 1.64. The zero-order valence-electron chi connectivity index (χ0n) is 22.0. The lowest BCUT2D eigenvalue weighted by Gasteiger charge is -2.36. The van der Waals surface area contributed by atoms with Crippen LogP contribution in [0.15, 0.2) is 66.7 Å². The average molecular weight is 502 g/mol. The number of piperazine rings is 1. The maximum Gasteiger partial charge on any atom is 0.262 e. The Morgan fingerprint density at radius 3 is 2.22 bits per heavy atom. The van der Waals surface area contributed by atoms with E-state index < -0.39 is 0 Å². The molecule has 1 aliphatic rings. The number of ether oxygens (including phenoxy) is 2. The summed E-state index contributed by atoms with van der Waals surface area (Å²) in [6, 6.07) is 21.1. The number of anilines is 2. The van der Waals surface area contributed by atoms with Gasteiger partial charge in [0.15, 0.2) is 6.61 Å². The van der Waals surface area contributed by atoms with Crippen molar-refractivity contribution in [3.63, 3.8) is 0 Å². The fraction of sp³-hybridized carbons (Fsp3) is 0.333. The molecule has 37 heavy (non-hydrogen) atoms. The molecule has 0 aliphatic carbocycles.